The SMILES string of the molecule is O=C(NC1CCN(S(=O)(=O)c2ccn[nH]2)CC1)C1CC1. The molecule has 2 fully saturated rings. The molecule has 110 valence electrons. The Morgan fingerprint density at radius 2 is 2.00 bits per heavy atom. The standard InChI is InChI=1S/C12H18N4O3S/c17-12(9-1-2-9)14-10-4-7-16(8-5-10)20(18,19)11-3-6-13-15-11/h3,6,9-10H,1-2,4-5,7-8H2,(H,13,15)(H,14,17). The highest BCUT2D eigenvalue weighted by atomic mass is 32.2. The lowest BCUT2D eigenvalue weighted by atomic mass is 10.1. The summed E-state index contributed by atoms with van der Waals surface area (Å²) in [5.41, 5.74) is 0. The fourth-order valence-corrected chi connectivity index (χ4v) is 3.80. The van der Waals surface area contributed by atoms with Gasteiger partial charge >= 0.3 is 0 Å². The van der Waals surface area contributed by atoms with Crippen molar-refractivity contribution in [2.24, 2.45) is 5.92 Å². The molecule has 1 saturated heterocycles. The maximum absolute atomic E-state index is 12.3. The lowest BCUT2D eigenvalue weighted by Gasteiger charge is -2.31. The minimum atomic E-state index is -3.47. The second-order valence-electron chi connectivity index (χ2n) is 5.38. The fourth-order valence-electron chi connectivity index (χ4n) is 2.43. The summed E-state index contributed by atoms with van der Waals surface area (Å²) >= 11 is 0. The second kappa shape index (κ2) is 5.17. The number of H-pyrrole nitrogens is 1. The molecule has 1 aliphatic carbocycles. The third-order valence-corrected chi connectivity index (χ3v) is 5.67. The summed E-state index contributed by atoms with van der Waals surface area (Å²) in [4.78, 5) is 11.7. The first-order valence-electron chi connectivity index (χ1n) is 6.87. The molecule has 3 rings (SSSR count). The number of sulfonamides is 1. The van der Waals surface area contributed by atoms with Gasteiger partial charge in [-0.1, -0.05) is 0 Å². The molecule has 1 amide bonds. The molecular formula is C12H18N4O3S. The molecule has 0 aromatic carbocycles. The molecule has 2 aliphatic rings. The van der Waals surface area contributed by atoms with Crippen LogP contribution >= 0.6 is 0 Å². The molecule has 1 aromatic heterocycles. The van der Waals surface area contributed by atoms with Crippen LogP contribution in [-0.4, -0.2) is 48.0 Å². The topological polar surface area (TPSA) is 95.2 Å². The molecule has 20 heavy (non-hydrogen) atoms. The summed E-state index contributed by atoms with van der Waals surface area (Å²) in [6.45, 7) is 0.855. The van der Waals surface area contributed by atoms with Crippen molar-refractivity contribution in [3.05, 3.63) is 12.3 Å². The summed E-state index contributed by atoms with van der Waals surface area (Å²) in [6, 6.07) is 1.55. The van der Waals surface area contributed by atoms with Gasteiger partial charge in [0.15, 0.2) is 5.03 Å². The average molecular weight is 298 g/mol. The van der Waals surface area contributed by atoms with Gasteiger partial charge in [0.05, 0.1) is 6.20 Å². The number of rotatable bonds is 4. The summed E-state index contributed by atoms with van der Waals surface area (Å²) in [7, 11) is -3.47. The highest BCUT2D eigenvalue weighted by Gasteiger charge is 2.34. The molecular weight excluding hydrogens is 280 g/mol. The maximum Gasteiger partial charge on any atom is 0.259 e. The molecule has 8 heteroatoms. The molecule has 0 atom stereocenters. The Bertz CT molecular complexity index is 572. The lowest BCUT2D eigenvalue weighted by Crippen LogP contribution is -2.46. The number of hydrogen-bond acceptors (Lipinski definition) is 4. The second-order valence-corrected chi connectivity index (χ2v) is 7.29. The van der Waals surface area contributed by atoms with Gasteiger partial charge in [-0.25, -0.2) is 8.42 Å². The van der Waals surface area contributed by atoms with E-state index >= 15 is 0 Å². The Morgan fingerprint density at radius 1 is 1.30 bits per heavy atom. The van der Waals surface area contributed by atoms with Crippen molar-refractivity contribution in [3.63, 3.8) is 0 Å². The first-order valence-corrected chi connectivity index (χ1v) is 8.31. The van der Waals surface area contributed by atoms with Crippen LogP contribution in [0.3, 0.4) is 0 Å². The smallest absolute Gasteiger partial charge is 0.259 e. The van der Waals surface area contributed by atoms with Crippen LogP contribution in [0, 0.1) is 5.92 Å². The van der Waals surface area contributed by atoms with E-state index in [0.29, 0.717) is 25.9 Å². The number of carbonyl (C=O) groups excluding carboxylic acids is 1. The van der Waals surface area contributed by atoms with E-state index in [4.69, 9.17) is 0 Å². The Hall–Kier alpha value is -1.41. The predicted octanol–water partition coefficient (Wildman–Crippen LogP) is 0.0890. The zero-order valence-electron chi connectivity index (χ0n) is 11.1. The molecule has 1 aromatic rings. The number of nitrogens with one attached hydrogen (secondary N) is 2. The van der Waals surface area contributed by atoms with E-state index in [0.717, 1.165) is 12.8 Å². The Kier molecular flexibility index (Phi) is 3.51. The molecule has 0 radical (unpaired) electrons. The molecule has 0 spiro atoms. The van der Waals surface area contributed by atoms with Crippen molar-refractivity contribution in [1.29, 1.82) is 0 Å². The monoisotopic (exact) mass is 298 g/mol. The van der Waals surface area contributed by atoms with Crippen LogP contribution < -0.4 is 5.32 Å². The minimum Gasteiger partial charge on any atom is -0.353 e. The van der Waals surface area contributed by atoms with Gasteiger partial charge in [0.2, 0.25) is 5.91 Å². The van der Waals surface area contributed by atoms with Gasteiger partial charge in [-0.15, -0.1) is 0 Å². The highest BCUT2D eigenvalue weighted by molar-refractivity contribution is 7.89. The van der Waals surface area contributed by atoms with E-state index < -0.39 is 10.0 Å². The van der Waals surface area contributed by atoms with E-state index in [1.54, 1.807) is 0 Å². The summed E-state index contributed by atoms with van der Waals surface area (Å²) < 4.78 is 26.0. The largest absolute Gasteiger partial charge is 0.353 e. The van der Waals surface area contributed by atoms with Gasteiger partial charge in [0.1, 0.15) is 0 Å². The third kappa shape index (κ3) is 2.71. The molecule has 2 heterocycles. The average Bonchev–Trinajstić information content (AvgIpc) is 3.14. The quantitative estimate of drug-likeness (QED) is 0.823. The van der Waals surface area contributed by atoms with E-state index in [1.165, 1.54) is 16.6 Å². The van der Waals surface area contributed by atoms with Crippen molar-refractivity contribution in [2.45, 2.75) is 36.8 Å². The first kappa shape index (κ1) is 13.6. The van der Waals surface area contributed by atoms with Gasteiger partial charge < -0.3 is 5.32 Å². The first-order chi connectivity index (χ1) is 9.57. The van der Waals surface area contributed by atoms with Crippen molar-refractivity contribution in [1.82, 2.24) is 19.8 Å². The normalized spacial score (nSPS) is 21.8. The number of aromatic nitrogens is 2. The van der Waals surface area contributed by atoms with E-state index in [1.807, 2.05) is 0 Å². The number of piperidine rings is 1. The van der Waals surface area contributed by atoms with Crippen LogP contribution in [-0.2, 0) is 14.8 Å². The maximum atomic E-state index is 12.3. The van der Waals surface area contributed by atoms with Gasteiger partial charge in [-0.2, -0.15) is 9.40 Å². The highest BCUT2D eigenvalue weighted by Crippen LogP contribution is 2.29. The Balaban J connectivity index is 1.57. The molecule has 1 saturated carbocycles. The van der Waals surface area contributed by atoms with Crippen molar-refractivity contribution in [2.75, 3.05) is 13.1 Å². The van der Waals surface area contributed by atoms with E-state index in [-0.39, 0.29) is 22.9 Å². The van der Waals surface area contributed by atoms with Crippen LogP contribution in [0.4, 0.5) is 0 Å². The van der Waals surface area contributed by atoms with Gasteiger partial charge in [-0.05, 0) is 31.7 Å². The summed E-state index contributed by atoms with van der Waals surface area (Å²) in [5, 5.41) is 9.30. The van der Waals surface area contributed by atoms with Crippen LogP contribution in [0.25, 0.3) is 0 Å². The number of hydrogen-bond donors (Lipinski definition) is 2. The van der Waals surface area contributed by atoms with Gasteiger partial charge in [0.25, 0.3) is 10.0 Å². The molecule has 2 N–H and O–H groups in total. The van der Waals surface area contributed by atoms with Crippen LogP contribution in [0.2, 0.25) is 0 Å². The zero-order chi connectivity index (χ0) is 14.2. The zero-order valence-corrected chi connectivity index (χ0v) is 11.9. The van der Waals surface area contributed by atoms with Gasteiger partial charge in [0, 0.05) is 25.0 Å². The van der Waals surface area contributed by atoms with Gasteiger partial charge in [-0.3, -0.25) is 9.89 Å². The number of carbonyl (C=O) groups is 1. The van der Waals surface area contributed by atoms with Crippen LogP contribution in [0.5, 0.6) is 0 Å². The van der Waals surface area contributed by atoms with Crippen molar-refractivity contribution >= 4 is 15.9 Å². The minimum absolute atomic E-state index is 0.0938. The number of aromatic amines is 1. The van der Waals surface area contributed by atoms with E-state index in [2.05, 4.69) is 15.5 Å². The van der Waals surface area contributed by atoms with E-state index in [9.17, 15) is 13.2 Å². The number of amides is 1. The third-order valence-electron chi connectivity index (χ3n) is 3.84. The summed E-state index contributed by atoms with van der Waals surface area (Å²) in [5.74, 6) is 0.321. The number of nitrogens with zero attached hydrogens (tertiary/aromatic N) is 2. The lowest BCUT2D eigenvalue weighted by molar-refractivity contribution is -0.123. The fraction of sp³-hybridized carbons (Fsp3) is 0.667. The summed E-state index contributed by atoms with van der Waals surface area (Å²) in [6.07, 6.45) is 4.71. The van der Waals surface area contributed by atoms with Crippen LogP contribution in [0.15, 0.2) is 17.3 Å². The molecule has 0 unspecified atom stereocenters. The molecule has 7 nitrogen and oxygen atoms in total. The molecule has 0 bridgehead atoms. The van der Waals surface area contributed by atoms with Crippen molar-refractivity contribution in [3.8, 4) is 0 Å². The van der Waals surface area contributed by atoms with Crippen molar-refractivity contribution < 1.29 is 13.2 Å². The predicted molar refractivity (Wildman–Crippen MR) is 71.2 cm³/mol. The Morgan fingerprint density at radius 3 is 2.55 bits per heavy atom. The molecule has 1 aliphatic heterocycles. The Labute approximate surface area is 117 Å². The van der Waals surface area contributed by atoms with Crippen LogP contribution in [0.1, 0.15) is 25.7 Å².